The normalized spacial score (nSPS) is 10.9. The quantitative estimate of drug-likeness (QED) is 0.466. The maximum Gasteiger partial charge on any atom is 0.404 e. The Balaban J connectivity index is 2.88. The number of allylic oxidation sites excluding steroid dienone is 2. The second-order valence-corrected chi connectivity index (χ2v) is 3.20. The number of aromatic nitrogens is 2. The fraction of sp³-hybridized carbons (Fsp3) is 0.286. The summed E-state index contributed by atoms with van der Waals surface area (Å²) >= 11 is 3.06. The Hall–Kier alpha value is -1.17. The molecular weight excluding hydrogens is 238 g/mol. The van der Waals surface area contributed by atoms with E-state index in [4.69, 9.17) is 0 Å². The summed E-state index contributed by atoms with van der Waals surface area (Å²) in [5, 5.41) is 14.2. The predicted molar refractivity (Wildman–Crippen MR) is 51.4 cm³/mol. The monoisotopic (exact) mass is 245 g/mol. The molecule has 1 rings (SSSR count). The minimum absolute atomic E-state index is 0.149. The van der Waals surface area contributed by atoms with Crippen LogP contribution in [-0.2, 0) is 6.54 Å². The molecule has 5 nitrogen and oxygen atoms in total. The van der Waals surface area contributed by atoms with Gasteiger partial charge in [-0.1, -0.05) is 12.2 Å². The van der Waals surface area contributed by atoms with Gasteiger partial charge in [-0.15, -0.1) is 0 Å². The molecule has 1 aromatic rings. The van der Waals surface area contributed by atoms with E-state index in [0.717, 1.165) is 0 Å². The van der Waals surface area contributed by atoms with Crippen LogP contribution in [0.3, 0.4) is 0 Å². The Labute approximate surface area is 83.3 Å². The number of rotatable bonds is 3. The Kier molecular flexibility index (Phi) is 3.18. The van der Waals surface area contributed by atoms with Crippen molar-refractivity contribution < 1.29 is 4.92 Å². The minimum Gasteiger partial charge on any atom is -0.358 e. The summed E-state index contributed by atoms with van der Waals surface area (Å²) in [4.78, 5) is 9.87. The van der Waals surface area contributed by atoms with Crippen molar-refractivity contribution in [1.29, 1.82) is 0 Å². The third kappa shape index (κ3) is 2.38. The molecule has 0 bridgehead atoms. The smallest absolute Gasteiger partial charge is 0.358 e. The molecule has 0 aliphatic carbocycles. The van der Waals surface area contributed by atoms with E-state index in [2.05, 4.69) is 21.0 Å². The van der Waals surface area contributed by atoms with Crippen molar-refractivity contribution in [1.82, 2.24) is 9.78 Å². The van der Waals surface area contributed by atoms with Gasteiger partial charge in [0.25, 0.3) is 0 Å². The van der Waals surface area contributed by atoms with E-state index in [1.807, 2.05) is 19.1 Å². The average molecular weight is 246 g/mol. The molecule has 1 aromatic heterocycles. The van der Waals surface area contributed by atoms with E-state index < -0.39 is 4.92 Å². The largest absolute Gasteiger partial charge is 0.404 e. The summed E-state index contributed by atoms with van der Waals surface area (Å²) in [5.74, 6) is -0.149. The van der Waals surface area contributed by atoms with Crippen molar-refractivity contribution in [3.05, 3.63) is 32.9 Å². The van der Waals surface area contributed by atoms with E-state index in [-0.39, 0.29) is 5.82 Å². The molecule has 0 unspecified atom stereocenters. The molecule has 0 spiro atoms. The maximum absolute atomic E-state index is 10.4. The van der Waals surface area contributed by atoms with Gasteiger partial charge in [0.15, 0.2) is 0 Å². The number of hydrogen-bond donors (Lipinski definition) is 0. The van der Waals surface area contributed by atoms with E-state index in [9.17, 15) is 10.1 Å². The van der Waals surface area contributed by atoms with Crippen LogP contribution in [0.5, 0.6) is 0 Å². The molecule has 0 aliphatic heterocycles. The first-order chi connectivity index (χ1) is 6.15. The molecule has 0 saturated heterocycles. The fourth-order valence-electron chi connectivity index (χ4n) is 0.818. The molecule has 0 amide bonds. The maximum atomic E-state index is 10.4. The molecule has 0 aliphatic rings. The Morgan fingerprint density at radius 3 is 3.00 bits per heavy atom. The molecule has 0 aromatic carbocycles. The van der Waals surface area contributed by atoms with Crippen molar-refractivity contribution in [2.24, 2.45) is 0 Å². The lowest BCUT2D eigenvalue weighted by Crippen LogP contribution is -1.97. The highest BCUT2D eigenvalue weighted by Crippen LogP contribution is 2.21. The predicted octanol–water partition coefficient (Wildman–Crippen LogP) is 2.13. The summed E-state index contributed by atoms with van der Waals surface area (Å²) in [7, 11) is 0. The first kappa shape index (κ1) is 9.91. The molecule has 1 heterocycles. The van der Waals surface area contributed by atoms with Gasteiger partial charge in [-0.2, -0.15) is 4.68 Å². The lowest BCUT2D eigenvalue weighted by Gasteiger charge is -1.86. The molecule has 0 N–H and O–H groups in total. The van der Waals surface area contributed by atoms with Crippen LogP contribution in [0.4, 0.5) is 5.82 Å². The fourth-order valence-corrected chi connectivity index (χ4v) is 1.28. The van der Waals surface area contributed by atoms with Crippen LogP contribution in [0.15, 0.2) is 22.8 Å². The van der Waals surface area contributed by atoms with Gasteiger partial charge in [0.05, 0.1) is 17.8 Å². The zero-order chi connectivity index (χ0) is 9.84. The van der Waals surface area contributed by atoms with Crippen molar-refractivity contribution >= 4 is 21.7 Å². The lowest BCUT2D eigenvalue weighted by atomic mass is 10.5. The van der Waals surface area contributed by atoms with Gasteiger partial charge in [0.2, 0.25) is 0 Å². The van der Waals surface area contributed by atoms with Crippen molar-refractivity contribution in [3.8, 4) is 0 Å². The summed E-state index contributed by atoms with van der Waals surface area (Å²) < 4.78 is 1.91. The van der Waals surface area contributed by atoms with Gasteiger partial charge in [-0.05, 0) is 27.8 Å². The van der Waals surface area contributed by atoms with E-state index in [1.165, 1.54) is 4.68 Å². The van der Waals surface area contributed by atoms with Gasteiger partial charge >= 0.3 is 5.82 Å². The van der Waals surface area contributed by atoms with Gasteiger partial charge in [-0.25, -0.2) is 0 Å². The lowest BCUT2D eigenvalue weighted by molar-refractivity contribution is -0.390. The molecule has 13 heavy (non-hydrogen) atoms. The van der Waals surface area contributed by atoms with Crippen LogP contribution < -0.4 is 0 Å². The molecular formula is C7H8BrN3O2. The standard InChI is InChI=1S/C7H8BrN3O2/c1-2-3-4-10-5-6(8)7(9-10)11(12)13/h2-3,5H,4H2,1H3/b3-2+. The second kappa shape index (κ2) is 4.18. The Morgan fingerprint density at radius 1 is 1.85 bits per heavy atom. The van der Waals surface area contributed by atoms with Crippen molar-refractivity contribution in [2.45, 2.75) is 13.5 Å². The van der Waals surface area contributed by atoms with Gasteiger partial charge < -0.3 is 10.1 Å². The first-order valence-electron chi connectivity index (χ1n) is 3.63. The van der Waals surface area contributed by atoms with Gasteiger partial charge in [-0.3, -0.25) is 0 Å². The molecule has 0 atom stereocenters. The zero-order valence-corrected chi connectivity index (χ0v) is 8.56. The third-order valence-electron chi connectivity index (χ3n) is 1.40. The van der Waals surface area contributed by atoms with Gasteiger partial charge in [0, 0.05) is 0 Å². The van der Waals surface area contributed by atoms with E-state index >= 15 is 0 Å². The topological polar surface area (TPSA) is 61.0 Å². The van der Waals surface area contributed by atoms with Crippen LogP contribution in [0.2, 0.25) is 0 Å². The average Bonchev–Trinajstić information content (AvgIpc) is 2.43. The third-order valence-corrected chi connectivity index (χ3v) is 1.96. The van der Waals surface area contributed by atoms with Crippen LogP contribution in [0.25, 0.3) is 0 Å². The minimum atomic E-state index is -0.518. The summed E-state index contributed by atoms with van der Waals surface area (Å²) in [6.45, 7) is 2.43. The van der Waals surface area contributed by atoms with Crippen molar-refractivity contribution in [3.63, 3.8) is 0 Å². The summed E-state index contributed by atoms with van der Waals surface area (Å²) in [6, 6.07) is 0. The number of hydrogen-bond acceptors (Lipinski definition) is 3. The van der Waals surface area contributed by atoms with Gasteiger partial charge in [0.1, 0.15) is 4.47 Å². The Morgan fingerprint density at radius 2 is 2.54 bits per heavy atom. The molecule has 0 saturated carbocycles. The first-order valence-corrected chi connectivity index (χ1v) is 4.43. The summed E-state index contributed by atoms with van der Waals surface area (Å²) in [5.41, 5.74) is 0. The molecule has 0 radical (unpaired) electrons. The molecule has 70 valence electrons. The van der Waals surface area contributed by atoms with E-state index in [0.29, 0.717) is 11.0 Å². The molecule has 6 heteroatoms. The highest BCUT2D eigenvalue weighted by Gasteiger charge is 2.17. The number of nitrogens with zero attached hydrogens (tertiary/aromatic N) is 3. The van der Waals surface area contributed by atoms with Crippen LogP contribution in [0.1, 0.15) is 6.92 Å². The second-order valence-electron chi connectivity index (χ2n) is 2.35. The highest BCUT2D eigenvalue weighted by atomic mass is 79.9. The number of nitro groups is 1. The van der Waals surface area contributed by atoms with Crippen LogP contribution in [-0.4, -0.2) is 14.7 Å². The van der Waals surface area contributed by atoms with Crippen LogP contribution in [0, 0.1) is 10.1 Å². The zero-order valence-electron chi connectivity index (χ0n) is 6.98. The van der Waals surface area contributed by atoms with E-state index in [1.54, 1.807) is 6.20 Å². The SMILES string of the molecule is C/C=C/Cn1cc(Br)c([N+](=O)[O-])n1. The Bertz CT molecular complexity index is 346. The summed E-state index contributed by atoms with van der Waals surface area (Å²) in [6.07, 6.45) is 5.31. The number of halogens is 1. The van der Waals surface area contributed by atoms with Crippen molar-refractivity contribution in [2.75, 3.05) is 0 Å². The highest BCUT2D eigenvalue weighted by molar-refractivity contribution is 9.10. The van der Waals surface area contributed by atoms with Crippen LogP contribution >= 0.6 is 15.9 Å². The molecule has 0 fully saturated rings.